The second-order valence-electron chi connectivity index (χ2n) is 8.76. The molecular weight excluding hydrogens is 516 g/mol. The quantitative estimate of drug-likeness (QED) is 0.440. The van der Waals surface area contributed by atoms with Crippen LogP contribution in [0.4, 0.5) is 0 Å². The number of esters is 1. The Kier molecular flexibility index (Phi) is 6.83. The van der Waals surface area contributed by atoms with Gasteiger partial charge in [-0.05, 0) is 69.7 Å². The molecule has 2 aromatic carbocycles. The summed E-state index contributed by atoms with van der Waals surface area (Å²) in [7, 11) is 0. The first-order valence-corrected chi connectivity index (χ1v) is 13.0. The Bertz CT molecular complexity index is 1600. The lowest BCUT2D eigenvalue weighted by atomic mass is 9.95. The van der Waals surface area contributed by atoms with Gasteiger partial charge in [-0.3, -0.25) is 9.36 Å². The molecule has 0 unspecified atom stereocenters. The molecule has 37 heavy (non-hydrogen) atoms. The molecule has 1 atom stereocenters. The standard InChI is InChI=1S/C27H25ClN2O6S/c1-5-33-26(32)23-15(4)29-27-30(24(23)16-6-8-20-21(11-16)35-13-34-20)25(31)22(37-27)12-17-10-18(28)7-9-19(17)36-14(2)3/h6-12,14,24H,5,13H2,1-4H3/b22-12+/t24-/m1/s1. The third-order valence-electron chi connectivity index (χ3n) is 5.85. The molecule has 0 N–H and O–H groups in total. The van der Waals surface area contributed by atoms with Crippen LogP contribution in [0.15, 0.2) is 57.5 Å². The van der Waals surface area contributed by atoms with E-state index in [0.29, 0.717) is 54.0 Å². The third-order valence-corrected chi connectivity index (χ3v) is 7.07. The number of nitrogens with zero attached hydrogens (tertiary/aromatic N) is 2. The van der Waals surface area contributed by atoms with Crippen LogP contribution >= 0.6 is 22.9 Å². The van der Waals surface area contributed by atoms with Crippen LogP contribution in [0, 0.1) is 0 Å². The molecule has 0 amide bonds. The van der Waals surface area contributed by atoms with Crippen LogP contribution in [0.5, 0.6) is 17.2 Å². The number of halogens is 1. The molecule has 0 radical (unpaired) electrons. The maximum Gasteiger partial charge on any atom is 0.338 e. The van der Waals surface area contributed by atoms with Crippen molar-refractivity contribution < 1.29 is 23.7 Å². The van der Waals surface area contributed by atoms with Crippen molar-refractivity contribution in [3.63, 3.8) is 0 Å². The highest BCUT2D eigenvalue weighted by Crippen LogP contribution is 2.38. The minimum Gasteiger partial charge on any atom is -0.490 e. The number of hydrogen-bond acceptors (Lipinski definition) is 8. The summed E-state index contributed by atoms with van der Waals surface area (Å²) in [4.78, 5) is 32.0. The SMILES string of the molecule is CCOC(=O)C1=C(C)N=c2s/c(=C/c3cc(Cl)ccc3OC(C)C)c(=O)n2[C@@H]1c1ccc2c(c1)OCO2. The van der Waals surface area contributed by atoms with Crippen LogP contribution in [0.3, 0.4) is 0 Å². The second kappa shape index (κ2) is 10.1. The van der Waals surface area contributed by atoms with E-state index in [1.165, 1.54) is 15.9 Å². The van der Waals surface area contributed by atoms with E-state index in [1.807, 2.05) is 19.9 Å². The molecule has 10 heteroatoms. The molecule has 2 aliphatic rings. The summed E-state index contributed by atoms with van der Waals surface area (Å²) in [6.07, 6.45) is 1.68. The summed E-state index contributed by atoms with van der Waals surface area (Å²) in [5.41, 5.74) is 1.84. The van der Waals surface area contributed by atoms with Crippen LogP contribution in [0.1, 0.15) is 44.9 Å². The fourth-order valence-electron chi connectivity index (χ4n) is 4.32. The molecule has 0 saturated heterocycles. The number of carbonyl (C=O) groups is 1. The summed E-state index contributed by atoms with van der Waals surface area (Å²) < 4.78 is 24.3. The van der Waals surface area contributed by atoms with Crippen LogP contribution in [-0.2, 0) is 9.53 Å². The maximum absolute atomic E-state index is 13.9. The van der Waals surface area contributed by atoms with Gasteiger partial charge in [-0.2, -0.15) is 0 Å². The molecule has 0 aliphatic carbocycles. The summed E-state index contributed by atoms with van der Waals surface area (Å²) in [6.45, 7) is 7.65. The monoisotopic (exact) mass is 540 g/mol. The normalized spacial score (nSPS) is 16.6. The zero-order valence-corrected chi connectivity index (χ0v) is 22.3. The van der Waals surface area contributed by atoms with Crippen molar-refractivity contribution in [1.82, 2.24) is 4.57 Å². The number of aromatic nitrogens is 1. The van der Waals surface area contributed by atoms with Crippen molar-refractivity contribution in [2.24, 2.45) is 4.99 Å². The summed E-state index contributed by atoms with van der Waals surface area (Å²) >= 11 is 7.49. The van der Waals surface area contributed by atoms with Gasteiger partial charge in [0, 0.05) is 10.6 Å². The molecule has 3 aromatic rings. The van der Waals surface area contributed by atoms with Crippen molar-refractivity contribution in [2.75, 3.05) is 13.4 Å². The van der Waals surface area contributed by atoms with E-state index in [1.54, 1.807) is 50.3 Å². The summed E-state index contributed by atoms with van der Waals surface area (Å²) in [5.74, 6) is 1.24. The van der Waals surface area contributed by atoms with E-state index >= 15 is 0 Å². The van der Waals surface area contributed by atoms with Gasteiger partial charge in [0.05, 0.1) is 34.6 Å². The molecule has 8 nitrogen and oxygen atoms in total. The fourth-order valence-corrected chi connectivity index (χ4v) is 5.54. The van der Waals surface area contributed by atoms with Crippen LogP contribution in [-0.4, -0.2) is 30.0 Å². The van der Waals surface area contributed by atoms with Gasteiger partial charge in [-0.1, -0.05) is 29.0 Å². The van der Waals surface area contributed by atoms with Crippen molar-refractivity contribution in [1.29, 1.82) is 0 Å². The number of ether oxygens (including phenoxy) is 4. The van der Waals surface area contributed by atoms with Gasteiger partial charge in [0.1, 0.15) is 5.75 Å². The fraction of sp³-hybridized carbons (Fsp3) is 0.296. The van der Waals surface area contributed by atoms with Crippen LogP contribution < -0.4 is 29.1 Å². The van der Waals surface area contributed by atoms with Crippen molar-refractivity contribution in [3.8, 4) is 17.2 Å². The smallest absolute Gasteiger partial charge is 0.338 e. The first-order valence-electron chi connectivity index (χ1n) is 11.8. The Hall–Kier alpha value is -3.56. The Morgan fingerprint density at radius 2 is 2.03 bits per heavy atom. The van der Waals surface area contributed by atoms with Gasteiger partial charge in [0.2, 0.25) is 6.79 Å². The summed E-state index contributed by atoms with van der Waals surface area (Å²) in [5, 5.41) is 0.522. The Morgan fingerprint density at radius 1 is 1.24 bits per heavy atom. The van der Waals surface area contributed by atoms with Gasteiger partial charge in [-0.15, -0.1) is 0 Å². The highest BCUT2D eigenvalue weighted by molar-refractivity contribution is 7.07. The molecule has 1 aromatic heterocycles. The molecule has 0 bridgehead atoms. The average Bonchev–Trinajstić information content (AvgIpc) is 3.43. The third kappa shape index (κ3) is 4.76. The molecule has 2 aliphatic heterocycles. The zero-order chi connectivity index (χ0) is 26.3. The second-order valence-corrected chi connectivity index (χ2v) is 10.2. The van der Waals surface area contributed by atoms with Gasteiger partial charge in [0.15, 0.2) is 16.3 Å². The van der Waals surface area contributed by atoms with Crippen LogP contribution in [0.25, 0.3) is 6.08 Å². The lowest BCUT2D eigenvalue weighted by Gasteiger charge is -2.24. The minimum absolute atomic E-state index is 0.0599. The lowest BCUT2D eigenvalue weighted by Crippen LogP contribution is -2.39. The van der Waals surface area contributed by atoms with E-state index in [-0.39, 0.29) is 25.1 Å². The van der Waals surface area contributed by atoms with Crippen molar-refractivity contribution >= 4 is 35.0 Å². The Labute approximate surface area is 222 Å². The van der Waals surface area contributed by atoms with E-state index in [0.717, 1.165) is 0 Å². The molecule has 0 saturated carbocycles. The predicted molar refractivity (Wildman–Crippen MR) is 140 cm³/mol. The van der Waals surface area contributed by atoms with Crippen molar-refractivity contribution in [2.45, 2.75) is 39.8 Å². The maximum atomic E-state index is 13.9. The van der Waals surface area contributed by atoms with E-state index in [2.05, 4.69) is 4.99 Å². The Balaban J connectivity index is 1.72. The summed E-state index contributed by atoms with van der Waals surface area (Å²) in [6, 6.07) is 9.90. The lowest BCUT2D eigenvalue weighted by molar-refractivity contribution is -0.139. The highest BCUT2D eigenvalue weighted by atomic mass is 35.5. The van der Waals surface area contributed by atoms with Crippen molar-refractivity contribution in [3.05, 3.63) is 83.5 Å². The number of allylic oxidation sites excluding steroid dienone is 1. The zero-order valence-electron chi connectivity index (χ0n) is 20.7. The molecule has 3 heterocycles. The number of thiazole rings is 1. The number of hydrogen-bond donors (Lipinski definition) is 0. The first kappa shape index (κ1) is 25.1. The molecule has 0 fully saturated rings. The number of benzene rings is 2. The number of fused-ring (bicyclic) bond motifs is 2. The molecular formula is C27H25ClN2O6S. The average molecular weight is 541 g/mol. The molecule has 192 valence electrons. The Morgan fingerprint density at radius 3 is 2.78 bits per heavy atom. The van der Waals surface area contributed by atoms with E-state index in [4.69, 9.17) is 30.5 Å². The molecule has 0 spiro atoms. The minimum atomic E-state index is -0.752. The van der Waals surface area contributed by atoms with Gasteiger partial charge < -0.3 is 18.9 Å². The molecule has 5 rings (SSSR count). The highest BCUT2D eigenvalue weighted by Gasteiger charge is 2.34. The topological polar surface area (TPSA) is 88.4 Å². The first-order chi connectivity index (χ1) is 17.8. The van der Waals surface area contributed by atoms with E-state index < -0.39 is 12.0 Å². The van der Waals surface area contributed by atoms with Gasteiger partial charge >= 0.3 is 5.97 Å². The van der Waals surface area contributed by atoms with Gasteiger partial charge in [-0.25, -0.2) is 9.79 Å². The van der Waals surface area contributed by atoms with E-state index in [9.17, 15) is 9.59 Å². The number of carbonyl (C=O) groups excluding carboxylic acids is 1. The number of rotatable bonds is 6. The predicted octanol–water partition coefficient (Wildman–Crippen LogP) is 3.97. The van der Waals surface area contributed by atoms with Gasteiger partial charge in [0.25, 0.3) is 5.56 Å². The largest absolute Gasteiger partial charge is 0.490 e. The van der Waals surface area contributed by atoms with Crippen LogP contribution in [0.2, 0.25) is 5.02 Å².